The first-order valence-electron chi connectivity index (χ1n) is 7.55. The molecule has 0 N–H and O–H groups in total. The molecule has 0 spiro atoms. The van der Waals surface area contributed by atoms with Crippen molar-refractivity contribution in [2.75, 3.05) is 0 Å². The van der Waals surface area contributed by atoms with Crippen LogP contribution in [0.4, 0.5) is 0 Å². The first kappa shape index (κ1) is 12.5. The fourth-order valence-corrected chi connectivity index (χ4v) is 4.77. The number of rotatable bonds is 3. The molecule has 2 aliphatic rings. The summed E-state index contributed by atoms with van der Waals surface area (Å²) >= 11 is 0. The van der Waals surface area contributed by atoms with Gasteiger partial charge in [0.1, 0.15) is 7.28 Å². The Hall–Kier alpha value is 0.0649. The highest BCUT2D eigenvalue weighted by Crippen LogP contribution is 2.64. The minimum absolute atomic E-state index is 0.722. The number of hydrogen-bond donors (Lipinski definition) is 0. The van der Waals surface area contributed by atoms with Crippen LogP contribution in [0.5, 0.6) is 0 Å². The van der Waals surface area contributed by atoms with Crippen LogP contribution in [0.2, 0.25) is 10.6 Å². The molecule has 2 saturated heterocycles. The van der Waals surface area contributed by atoms with Crippen molar-refractivity contribution in [3.63, 3.8) is 0 Å². The summed E-state index contributed by atoms with van der Waals surface area (Å²) in [5.41, 5.74) is 0. The molecule has 16 heavy (non-hydrogen) atoms. The standard InChI is InChI=1S/C15H29B/c1-5-13(4)15-10-6-8-14(16-15,12(2)3)9-7-11-15/h12-13,16H,5-11H2,1-4H3. The van der Waals surface area contributed by atoms with Gasteiger partial charge in [-0.15, -0.1) is 0 Å². The summed E-state index contributed by atoms with van der Waals surface area (Å²) in [5, 5.41) is 1.45. The van der Waals surface area contributed by atoms with E-state index in [2.05, 4.69) is 27.7 Å². The molecule has 92 valence electrons. The fourth-order valence-electron chi connectivity index (χ4n) is 4.77. The minimum atomic E-state index is 0.722. The van der Waals surface area contributed by atoms with E-state index >= 15 is 0 Å². The van der Waals surface area contributed by atoms with E-state index in [0.717, 1.165) is 22.5 Å². The van der Waals surface area contributed by atoms with Crippen LogP contribution in [0.1, 0.15) is 72.6 Å². The van der Waals surface area contributed by atoms with Crippen LogP contribution < -0.4 is 0 Å². The predicted octanol–water partition coefficient (Wildman–Crippen LogP) is 4.81. The maximum atomic E-state index is 2.52. The lowest BCUT2D eigenvalue weighted by Crippen LogP contribution is -2.45. The van der Waals surface area contributed by atoms with Crippen molar-refractivity contribution >= 4 is 7.28 Å². The molecular weight excluding hydrogens is 191 g/mol. The van der Waals surface area contributed by atoms with Gasteiger partial charge < -0.3 is 0 Å². The van der Waals surface area contributed by atoms with Crippen molar-refractivity contribution in [3.8, 4) is 0 Å². The van der Waals surface area contributed by atoms with Crippen LogP contribution in [0, 0.1) is 11.8 Å². The van der Waals surface area contributed by atoms with E-state index in [1.165, 1.54) is 44.9 Å². The summed E-state index contributed by atoms with van der Waals surface area (Å²) in [5.74, 6) is 1.85. The van der Waals surface area contributed by atoms with E-state index in [1.807, 2.05) is 0 Å². The molecule has 1 heteroatoms. The lowest BCUT2D eigenvalue weighted by atomic mass is 9.25. The molecule has 0 aromatic rings. The highest BCUT2D eigenvalue weighted by atomic mass is 14.5. The number of fused-ring (bicyclic) bond motifs is 2. The quantitative estimate of drug-likeness (QED) is 0.598. The smallest absolute Gasteiger partial charge is 0.0651 e. The van der Waals surface area contributed by atoms with Crippen molar-refractivity contribution in [2.24, 2.45) is 11.8 Å². The van der Waals surface area contributed by atoms with Crippen LogP contribution in [0.25, 0.3) is 0 Å². The number of hydrogen-bond acceptors (Lipinski definition) is 0. The molecule has 2 bridgehead atoms. The lowest BCUT2D eigenvalue weighted by molar-refractivity contribution is 0.194. The molecule has 0 aromatic carbocycles. The van der Waals surface area contributed by atoms with Crippen LogP contribution in [0.3, 0.4) is 0 Å². The molecule has 1 atom stereocenters. The van der Waals surface area contributed by atoms with Gasteiger partial charge in [-0.3, -0.25) is 0 Å². The van der Waals surface area contributed by atoms with E-state index in [4.69, 9.17) is 0 Å². The third-order valence-corrected chi connectivity index (χ3v) is 6.29. The van der Waals surface area contributed by atoms with E-state index in [0.29, 0.717) is 0 Å². The van der Waals surface area contributed by atoms with Crippen LogP contribution >= 0.6 is 0 Å². The van der Waals surface area contributed by atoms with Crippen LogP contribution in [0.15, 0.2) is 0 Å². The molecule has 2 fully saturated rings. The van der Waals surface area contributed by atoms with Crippen LogP contribution in [-0.2, 0) is 0 Å². The van der Waals surface area contributed by atoms with Gasteiger partial charge in [-0.25, -0.2) is 0 Å². The highest BCUT2D eigenvalue weighted by molar-refractivity contribution is 6.45. The summed E-state index contributed by atoms with van der Waals surface area (Å²) in [6.07, 6.45) is 10.5. The summed E-state index contributed by atoms with van der Waals surface area (Å²) < 4.78 is 0. The zero-order valence-corrected chi connectivity index (χ0v) is 11.8. The Bertz CT molecular complexity index is 234. The first-order valence-corrected chi connectivity index (χ1v) is 7.55. The maximum Gasteiger partial charge on any atom is 0.136 e. The Kier molecular flexibility index (Phi) is 3.43. The second-order valence-corrected chi connectivity index (χ2v) is 7.07. The third kappa shape index (κ3) is 1.85. The monoisotopic (exact) mass is 220 g/mol. The third-order valence-electron chi connectivity index (χ3n) is 6.29. The molecule has 0 radical (unpaired) electrons. The normalized spacial score (nSPS) is 40.6. The van der Waals surface area contributed by atoms with Crippen molar-refractivity contribution in [3.05, 3.63) is 0 Å². The average Bonchev–Trinajstić information content (AvgIpc) is 2.28. The van der Waals surface area contributed by atoms with Gasteiger partial charge in [0.15, 0.2) is 0 Å². The van der Waals surface area contributed by atoms with E-state index in [9.17, 15) is 0 Å². The average molecular weight is 220 g/mol. The van der Waals surface area contributed by atoms with Crippen LogP contribution in [-0.4, -0.2) is 7.28 Å². The van der Waals surface area contributed by atoms with Gasteiger partial charge in [-0.1, -0.05) is 83.3 Å². The van der Waals surface area contributed by atoms with E-state index in [1.54, 1.807) is 7.28 Å². The van der Waals surface area contributed by atoms with E-state index in [-0.39, 0.29) is 0 Å². The minimum Gasteiger partial charge on any atom is -0.0651 e. The van der Waals surface area contributed by atoms with Gasteiger partial charge >= 0.3 is 0 Å². The molecule has 0 amide bonds. The van der Waals surface area contributed by atoms with Crippen molar-refractivity contribution in [1.82, 2.24) is 0 Å². The Labute approximate surface area is 103 Å². The molecular formula is C15H29B. The summed E-state index contributed by atoms with van der Waals surface area (Å²) in [7, 11) is 1.55. The molecule has 0 aromatic heterocycles. The topological polar surface area (TPSA) is 0 Å². The van der Waals surface area contributed by atoms with Gasteiger partial charge in [0.2, 0.25) is 0 Å². The fraction of sp³-hybridized carbons (Fsp3) is 1.00. The largest absolute Gasteiger partial charge is 0.136 e. The first-order chi connectivity index (χ1) is 7.55. The molecule has 2 aliphatic heterocycles. The molecule has 2 rings (SSSR count). The Morgan fingerprint density at radius 1 is 0.938 bits per heavy atom. The zero-order valence-electron chi connectivity index (χ0n) is 11.8. The van der Waals surface area contributed by atoms with Crippen molar-refractivity contribution in [1.29, 1.82) is 0 Å². The van der Waals surface area contributed by atoms with Gasteiger partial charge in [-0.2, -0.15) is 0 Å². The Morgan fingerprint density at radius 2 is 1.44 bits per heavy atom. The summed E-state index contributed by atoms with van der Waals surface area (Å²) in [6.45, 7) is 9.84. The van der Waals surface area contributed by atoms with E-state index < -0.39 is 0 Å². The summed E-state index contributed by atoms with van der Waals surface area (Å²) in [4.78, 5) is 0. The zero-order chi connectivity index (χ0) is 11.8. The van der Waals surface area contributed by atoms with Gasteiger partial charge in [0.25, 0.3) is 0 Å². The van der Waals surface area contributed by atoms with Gasteiger partial charge in [0, 0.05) is 0 Å². The molecule has 0 nitrogen and oxygen atoms in total. The second kappa shape index (κ2) is 4.39. The highest BCUT2D eigenvalue weighted by Gasteiger charge is 2.51. The molecule has 0 aliphatic carbocycles. The predicted molar refractivity (Wildman–Crippen MR) is 74.5 cm³/mol. The van der Waals surface area contributed by atoms with Gasteiger partial charge in [0.05, 0.1) is 0 Å². The SMILES string of the molecule is CCC(C)C12BC(C(C)C)(CCC1)CCC2. The molecule has 0 saturated carbocycles. The molecule has 2 heterocycles. The Morgan fingerprint density at radius 3 is 1.88 bits per heavy atom. The second-order valence-electron chi connectivity index (χ2n) is 7.07. The lowest BCUT2D eigenvalue weighted by Gasteiger charge is -2.56. The Balaban J connectivity index is 2.22. The summed E-state index contributed by atoms with van der Waals surface area (Å²) in [6, 6.07) is 0. The van der Waals surface area contributed by atoms with Gasteiger partial charge in [-0.05, 0) is 11.8 Å². The van der Waals surface area contributed by atoms with Crippen molar-refractivity contribution < 1.29 is 0 Å². The van der Waals surface area contributed by atoms with Crippen molar-refractivity contribution in [2.45, 2.75) is 83.3 Å². The molecule has 1 unspecified atom stereocenters. The maximum absolute atomic E-state index is 2.52.